The zero-order chi connectivity index (χ0) is 18.3. The Morgan fingerprint density at radius 3 is 2.64 bits per heavy atom. The fraction of sp³-hybridized carbons (Fsp3) is 0.562. The average molecular weight is 390 g/mol. The Hall–Kier alpha value is -1.19. The van der Waals surface area contributed by atoms with Crippen molar-refractivity contribution in [1.82, 2.24) is 14.5 Å². The summed E-state index contributed by atoms with van der Waals surface area (Å²) >= 11 is 6.09. The normalized spacial score (nSPS) is 16.1. The highest BCUT2D eigenvalue weighted by atomic mass is 35.5. The molecule has 0 bridgehead atoms. The summed E-state index contributed by atoms with van der Waals surface area (Å²) in [6.07, 6.45) is 1.09. The van der Waals surface area contributed by atoms with Gasteiger partial charge in [-0.1, -0.05) is 29.8 Å². The Morgan fingerprint density at radius 1 is 1.32 bits per heavy atom. The molecule has 1 heterocycles. The number of amides is 1. The maximum atomic E-state index is 12.1. The fourth-order valence-corrected chi connectivity index (χ4v) is 3.42. The van der Waals surface area contributed by atoms with Crippen molar-refractivity contribution in [3.8, 4) is 0 Å². The second kappa shape index (κ2) is 9.49. The summed E-state index contributed by atoms with van der Waals surface area (Å²) in [6.45, 7) is 4.13. The van der Waals surface area contributed by atoms with Crippen LogP contribution in [0.1, 0.15) is 5.56 Å². The smallest absolute Gasteiger partial charge is 0.235 e. The van der Waals surface area contributed by atoms with Gasteiger partial charge in [-0.25, -0.2) is 8.42 Å². The molecular formula is C16H24ClN3O4S. The van der Waals surface area contributed by atoms with Gasteiger partial charge in [0.2, 0.25) is 15.9 Å². The molecule has 2 rings (SSSR count). The first kappa shape index (κ1) is 20.1. The van der Waals surface area contributed by atoms with Gasteiger partial charge in [-0.05, 0) is 11.6 Å². The number of hydrogen-bond acceptors (Lipinski definition) is 5. The van der Waals surface area contributed by atoms with Gasteiger partial charge in [-0.15, -0.1) is 0 Å². The molecular weight excluding hydrogens is 366 g/mol. The van der Waals surface area contributed by atoms with Crippen molar-refractivity contribution < 1.29 is 17.9 Å². The van der Waals surface area contributed by atoms with E-state index in [-0.39, 0.29) is 19.0 Å². The number of nitrogens with zero attached hydrogens (tertiary/aromatic N) is 2. The maximum absolute atomic E-state index is 12.1. The summed E-state index contributed by atoms with van der Waals surface area (Å²) in [6, 6.07) is 7.00. The predicted molar refractivity (Wildman–Crippen MR) is 97.0 cm³/mol. The zero-order valence-electron chi connectivity index (χ0n) is 14.3. The van der Waals surface area contributed by atoms with E-state index in [1.165, 1.54) is 0 Å². The molecule has 1 N–H and O–H groups in total. The van der Waals surface area contributed by atoms with Crippen LogP contribution >= 0.6 is 11.6 Å². The van der Waals surface area contributed by atoms with E-state index in [9.17, 15) is 13.2 Å². The van der Waals surface area contributed by atoms with Crippen molar-refractivity contribution in [2.24, 2.45) is 0 Å². The van der Waals surface area contributed by atoms with Crippen LogP contribution in [0.25, 0.3) is 0 Å². The summed E-state index contributed by atoms with van der Waals surface area (Å²) < 4.78 is 30.4. The summed E-state index contributed by atoms with van der Waals surface area (Å²) in [7, 11) is -3.53. The molecule has 1 saturated heterocycles. The summed E-state index contributed by atoms with van der Waals surface area (Å²) in [4.78, 5) is 14.3. The molecule has 1 aliphatic rings. The number of nitrogens with one attached hydrogen (secondary N) is 1. The van der Waals surface area contributed by atoms with Gasteiger partial charge in [-0.2, -0.15) is 4.31 Å². The zero-order valence-corrected chi connectivity index (χ0v) is 15.9. The van der Waals surface area contributed by atoms with Crippen LogP contribution in [0.15, 0.2) is 24.3 Å². The van der Waals surface area contributed by atoms with Gasteiger partial charge < -0.3 is 10.1 Å². The summed E-state index contributed by atoms with van der Waals surface area (Å²) in [5.41, 5.74) is 0.663. The van der Waals surface area contributed by atoms with Gasteiger partial charge in [0.15, 0.2) is 0 Å². The number of morpholine rings is 1. The lowest BCUT2D eigenvalue weighted by Gasteiger charge is -2.26. The second-order valence-electron chi connectivity index (χ2n) is 5.93. The molecule has 1 aliphatic heterocycles. The SMILES string of the molecule is CS(=O)(=O)N(CC(=O)NCCN1CCOCC1)Cc1ccccc1Cl. The largest absolute Gasteiger partial charge is 0.379 e. The third-order valence-electron chi connectivity index (χ3n) is 3.95. The molecule has 0 aromatic heterocycles. The monoisotopic (exact) mass is 389 g/mol. The topological polar surface area (TPSA) is 79.0 Å². The van der Waals surface area contributed by atoms with Crippen LogP contribution in [-0.4, -0.2) is 75.7 Å². The van der Waals surface area contributed by atoms with E-state index >= 15 is 0 Å². The Morgan fingerprint density at radius 2 is 2.00 bits per heavy atom. The number of benzene rings is 1. The highest BCUT2D eigenvalue weighted by Crippen LogP contribution is 2.18. The molecule has 0 spiro atoms. The minimum Gasteiger partial charge on any atom is -0.379 e. The van der Waals surface area contributed by atoms with Crippen molar-refractivity contribution in [3.05, 3.63) is 34.9 Å². The third kappa shape index (κ3) is 6.91. The highest BCUT2D eigenvalue weighted by Gasteiger charge is 2.21. The van der Waals surface area contributed by atoms with E-state index in [4.69, 9.17) is 16.3 Å². The molecule has 0 aliphatic carbocycles. The van der Waals surface area contributed by atoms with Crippen LogP contribution in [0.2, 0.25) is 5.02 Å². The first-order valence-electron chi connectivity index (χ1n) is 8.11. The predicted octanol–water partition coefficient (Wildman–Crippen LogP) is 0.550. The first-order chi connectivity index (χ1) is 11.9. The van der Waals surface area contributed by atoms with Gasteiger partial charge in [0, 0.05) is 37.7 Å². The number of hydrogen-bond donors (Lipinski definition) is 1. The number of halogens is 1. The Labute approximate surface area is 153 Å². The molecule has 1 aromatic carbocycles. The summed E-state index contributed by atoms with van der Waals surface area (Å²) in [5.74, 6) is -0.328. The molecule has 0 atom stereocenters. The highest BCUT2D eigenvalue weighted by molar-refractivity contribution is 7.88. The van der Waals surface area contributed by atoms with E-state index in [0.29, 0.717) is 30.3 Å². The lowest BCUT2D eigenvalue weighted by Crippen LogP contribution is -2.44. The molecule has 1 aromatic rings. The lowest BCUT2D eigenvalue weighted by molar-refractivity contribution is -0.121. The van der Waals surface area contributed by atoms with Crippen molar-refractivity contribution in [2.45, 2.75) is 6.54 Å². The van der Waals surface area contributed by atoms with Crippen LogP contribution in [0.4, 0.5) is 0 Å². The molecule has 0 saturated carbocycles. The Balaban J connectivity index is 1.86. The van der Waals surface area contributed by atoms with Crippen molar-refractivity contribution in [1.29, 1.82) is 0 Å². The third-order valence-corrected chi connectivity index (χ3v) is 5.51. The van der Waals surface area contributed by atoms with Gasteiger partial charge in [-0.3, -0.25) is 9.69 Å². The minimum atomic E-state index is -3.53. The molecule has 1 fully saturated rings. The van der Waals surface area contributed by atoms with Gasteiger partial charge >= 0.3 is 0 Å². The number of carbonyl (C=O) groups is 1. The van der Waals surface area contributed by atoms with E-state index in [2.05, 4.69) is 10.2 Å². The minimum absolute atomic E-state index is 0.0649. The van der Waals surface area contributed by atoms with Crippen molar-refractivity contribution in [3.63, 3.8) is 0 Å². The van der Waals surface area contributed by atoms with Crippen LogP contribution in [0.5, 0.6) is 0 Å². The fourth-order valence-electron chi connectivity index (χ4n) is 2.50. The average Bonchev–Trinajstić information content (AvgIpc) is 2.56. The van der Waals surface area contributed by atoms with E-state index < -0.39 is 10.0 Å². The van der Waals surface area contributed by atoms with E-state index in [0.717, 1.165) is 30.2 Å². The van der Waals surface area contributed by atoms with Crippen molar-refractivity contribution in [2.75, 3.05) is 52.2 Å². The van der Waals surface area contributed by atoms with Crippen molar-refractivity contribution >= 4 is 27.5 Å². The Bertz CT molecular complexity index is 678. The maximum Gasteiger partial charge on any atom is 0.235 e. The molecule has 25 heavy (non-hydrogen) atoms. The van der Waals surface area contributed by atoms with Crippen LogP contribution < -0.4 is 5.32 Å². The molecule has 1 amide bonds. The molecule has 7 nitrogen and oxygen atoms in total. The van der Waals surface area contributed by atoms with Gasteiger partial charge in [0.1, 0.15) is 0 Å². The molecule has 0 radical (unpaired) electrons. The number of ether oxygens (including phenoxy) is 1. The summed E-state index contributed by atoms with van der Waals surface area (Å²) in [5, 5.41) is 3.25. The van der Waals surface area contributed by atoms with Crippen LogP contribution in [0.3, 0.4) is 0 Å². The van der Waals surface area contributed by atoms with E-state index in [1.807, 2.05) is 0 Å². The standard InChI is InChI=1S/C16H24ClN3O4S/c1-25(22,23)20(12-14-4-2-3-5-15(14)17)13-16(21)18-6-7-19-8-10-24-11-9-19/h2-5H,6-13H2,1H3,(H,18,21). The number of sulfonamides is 1. The quantitative estimate of drug-likeness (QED) is 0.702. The molecule has 9 heteroatoms. The molecule has 0 unspecified atom stereocenters. The molecule has 140 valence electrons. The van der Waals surface area contributed by atoms with Gasteiger partial charge in [0.05, 0.1) is 26.0 Å². The second-order valence-corrected chi connectivity index (χ2v) is 8.32. The first-order valence-corrected chi connectivity index (χ1v) is 10.3. The Kier molecular flexibility index (Phi) is 7.64. The number of carbonyl (C=O) groups excluding carboxylic acids is 1. The van der Waals surface area contributed by atoms with Crippen LogP contribution in [0, 0.1) is 0 Å². The van der Waals surface area contributed by atoms with E-state index in [1.54, 1.807) is 24.3 Å². The van der Waals surface area contributed by atoms with Crippen LogP contribution in [-0.2, 0) is 26.1 Å². The lowest BCUT2D eigenvalue weighted by atomic mass is 10.2. The number of rotatable bonds is 8. The van der Waals surface area contributed by atoms with Gasteiger partial charge in [0.25, 0.3) is 0 Å².